The topological polar surface area (TPSA) is 29.5 Å². The third-order valence-electron chi connectivity index (χ3n) is 4.18. The molecule has 21 heavy (non-hydrogen) atoms. The minimum Gasteiger partial charge on any atom is -0.496 e. The molecule has 1 fully saturated rings. The van der Waals surface area contributed by atoms with Crippen molar-refractivity contribution in [3.63, 3.8) is 0 Å². The molecule has 1 heterocycles. The number of carbonyl (C=O) groups excluding carboxylic acids is 1. The highest BCUT2D eigenvalue weighted by atomic mass is 19.1. The average molecular weight is 293 g/mol. The van der Waals surface area contributed by atoms with Crippen LogP contribution in [0.4, 0.5) is 4.39 Å². The van der Waals surface area contributed by atoms with Crippen LogP contribution in [-0.2, 0) is 0 Å². The van der Waals surface area contributed by atoms with E-state index in [2.05, 4.69) is 11.8 Å². The predicted octanol–water partition coefficient (Wildman–Crippen LogP) is 3.67. The lowest BCUT2D eigenvalue weighted by atomic mass is 9.97. The lowest BCUT2D eigenvalue weighted by molar-refractivity contribution is 0.0828. The Morgan fingerprint density at radius 3 is 2.95 bits per heavy atom. The summed E-state index contributed by atoms with van der Waals surface area (Å²) in [7, 11) is 1.50. The molecule has 1 aromatic carbocycles. The molecule has 1 aliphatic rings. The monoisotopic (exact) mass is 293 g/mol. The molecule has 1 unspecified atom stereocenters. The van der Waals surface area contributed by atoms with Crippen molar-refractivity contribution in [1.29, 1.82) is 0 Å². The van der Waals surface area contributed by atoms with Crippen LogP contribution in [0.3, 0.4) is 0 Å². The first-order chi connectivity index (χ1) is 10.2. The molecule has 2 rings (SSSR count). The van der Waals surface area contributed by atoms with Crippen molar-refractivity contribution in [2.75, 3.05) is 20.2 Å². The lowest BCUT2D eigenvalue weighted by Gasteiger charge is -2.35. The molecule has 0 N–H and O–H groups in total. The quantitative estimate of drug-likeness (QED) is 0.749. The Morgan fingerprint density at radius 2 is 2.24 bits per heavy atom. The zero-order valence-corrected chi connectivity index (χ0v) is 12.9. The fourth-order valence-corrected chi connectivity index (χ4v) is 3.10. The summed E-state index contributed by atoms with van der Waals surface area (Å²) in [4.78, 5) is 14.8. The molecule has 0 amide bonds. The minimum absolute atomic E-state index is 0.0608. The van der Waals surface area contributed by atoms with Gasteiger partial charge in [0, 0.05) is 6.04 Å². The molecule has 1 aliphatic heterocycles. The normalized spacial score (nSPS) is 19.5. The molecule has 1 saturated heterocycles. The first kappa shape index (κ1) is 16.0. The van der Waals surface area contributed by atoms with E-state index in [1.165, 1.54) is 31.7 Å². The maximum absolute atomic E-state index is 13.4. The number of methoxy groups -OCH3 is 1. The second kappa shape index (κ2) is 7.55. The Hall–Kier alpha value is -1.42. The van der Waals surface area contributed by atoms with Crippen LogP contribution in [-0.4, -0.2) is 36.9 Å². The Balaban J connectivity index is 2.11. The van der Waals surface area contributed by atoms with E-state index in [0.717, 1.165) is 32.2 Å². The van der Waals surface area contributed by atoms with Crippen molar-refractivity contribution < 1.29 is 13.9 Å². The second-order valence-electron chi connectivity index (χ2n) is 5.68. The van der Waals surface area contributed by atoms with Gasteiger partial charge in [-0.2, -0.15) is 0 Å². The number of nitrogens with zero attached hydrogens (tertiary/aromatic N) is 1. The Bertz CT molecular complexity index is 488. The van der Waals surface area contributed by atoms with Crippen LogP contribution in [0.15, 0.2) is 18.2 Å². The average Bonchev–Trinajstić information content (AvgIpc) is 2.49. The number of halogens is 1. The maximum Gasteiger partial charge on any atom is 0.180 e. The number of hydrogen-bond acceptors (Lipinski definition) is 3. The molecule has 0 aliphatic carbocycles. The number of rotatable bonds is 6. The molecule has 1 aromatic rings. The SMILES string of the molecule is CCCC1CCCCN1CC(=O)c1cc(F)ccc1OC. The van der Waals surface area contributed by atoms with E-state index in [0.29, 0.717) is 23.9 Å². The summed E-state index contributed by atoms with van der Waals surface area (Å²) >= 11 is 0. The number of ketones is 1. The smallest absolute Gasteiger partial charge is 0.180 e. The highest BCUT2D eigenvalue weighted by Gasteiger charge is 2.25. The van der Waals surface area contributed by atoms with Crippen LogP contribution in [0, 0.1) is 5.82 Å². The second-order valence-corrected chi connectivity index (χ2v) is 5.68. The van der Waals surface area contributed by atoms with Crippen molar-refractivity contribution in [2.24, 2.45) is 0 Å². The van der Waals surface area contributed by atoms with Gasteiger partial charge in [-0.1, -0.05) is 19.8 Å². The lowest BCUT2D eigenvalue weighted by Crippen LogP contribution is -2.42. The third-order valence-corrected chi connectivity index (χ3v) is 4.18. The van der Waals surface area contributed by atoms with Crippen molar-refractivity contribution in [2.45, 2.75) is 45.1 Å². The molecular formula is C17H24FNO2. The van der Waals surface area contributed by atoms with Crippen LogP contribution >= 0.6 is 0 Å². The van der Waals surface area contributed by atoms with Crippen LogP contribution in [0.2, 0.25) is 0 Å². The van der Waals surface area contributed by atoms with E-state index >= 15 is 0 Å². The molecule has 0 bridgehead atoms. The first-order valence-corrected chi connectivity index (χ1v) is 7.76. The van der Waals surface area contributed by atoms with Gasteiger partial charge in [-0.25, -0.2) is 4.39 Å². The molecule has 4 heteroatoms. The van der Waals surface area contributed by atoms with Crippen LogP contribution < -0.4 is 4.74 Å². The van der Waals surface area contributed by atoms with Crippen molar-refractivity contribution in [1.82, 2.24) is 4.90 Å². The van der Waals surface area contributed by atoms with Crippen molar-refractivity contribution in [3.8, 4) is 5.75 Å². The fourth-order valence-electron chi connectivity index (χ4n) is 3.10. The van der Waals surface area contributed by atoms with Gasteiger partial charge in [0.15, 0.2) is 5.78 Å². The Kier molecular flexibility index (Phi) is 5.74. The molecule has 1 atom stereocenters. The number of piperidine rings is 1. The highest BCUT2D eigenvalue weighted by molar-refractivity contribution is 6.00. The van der Waals surface area contributed by atoms with E-state index in [9.17, 15) is 9.18 Å². The van der Waals surface area contributed by atoms with Crippen molar-refractivity contribution >= 4 is 5.78 Å². The largest absolute Gasteiger partial charge is 0.496 e. The summed E-state index contributed by atoms with van der Waals surface area (Å²) in [5, 5.41) is 0. The van der Waals surface area contributed by atoms with Gasteiger partial charge in [-0.15, -0.1) is 0 Å². The van der Waals surface area contributed by atoms with E-state index in [1.807, 2.05) is 0 Å². The van der Waals surface area contributed by atoms with Gasteiger partial charge in [0.05, 0.1) is 19.2 Å². The summed E-state index contributed by atoms with van der Waals surface area (Å²) in [6.07, 6.45) is 5.76. The van der Waals surface area contributed by atoms with Gasteiger partial charge < -0.3 is 4.74 Å². The molecule has 0 radical (unpaired) electrons. The maximum atomic E-state index is 13.4. The zero-order valence-electron chi connectivity index (χ0n) is 12.9. The number of ether oxygens (including phenoxy) is 1. The molecule has 3 nitrogen and oxygen atoms in total. The number of benzene rings is 1. The predicted molar refractivity (Wildman–Crippen MR) is 81.4 cm³/mol. The van der Waals surface area contributed by atoms with Crippen molar-refractivity contribution in [3.05, 3.63) is 29.6 Å². The van der Waals surface area contributed by atoms with E-state index < -0.39 is 5.82 Å². The van der Waals surface area contributed by atoms with Gasteiger partial charge in [0.2, 0.25) is 0 Å². The molecule has 0 saturated carbocycles. The Labute approximate surface area is 126 Å². The molecule has 0 spiro atoms. The van der Waals surface area contributed by atoms with Crippen LogP contribution in [0.5, 0.6) is 5.75 Å². The van der Waals surface area contributed by atoms with Gasteiger partial charge in [0.1, 0.15) is 11.6 Å². The number of Topliss-reactive ketones (excluding diaryl/α,β-unsaturated/α-hetero) is 1. The van der Waals surface area contributed by atoms with E-state index in [1.54, 1.807) is 0 Å². The van der Waals surface area contributed by atoms with Gasteiger partial charge in [-0.05, 0) is 44.0 Å². The van der Waals surface area contributed by atoms with Crippen LogP contribution in [0.1, 0.15) is 49.4 Å². The third kappa shape index (κ3) is 4.03. The van der Waals surface area contributed by atoms with Gasteiger partial charge in [-0.3, -0.25) is 9.69 Å². The molecular weight excluding hydrogens is 269 g/mol. The summed E-state index contributed by atoms with van der Waals surface area (Å²) in [5.74, 6) is -0.0114. The highest BCUT2D eigenvalue weighted by Crippen LogP contribution is 2.24. The van der Waals surface area contributed by atoms with E-state index in [4.69, 9.17) is 4.74 Å². The summed E-state index contributed by atoms with van der Waals surface area (Å²) in [5.41, 5.74) is 0.346. The van der Waals surface area contributed by atoms with E-state index in [-0.39, 0.29) is 5.78 Å². The van der Waals surface area contributed by atoms with Gasteiger partial charge in [0.25, 0.3) is 0 Å². The summed E-state index contributed by atoms with van der Waals surface area (Å²) in [6.45, 7) is 3.47. The fraction of sp³-hybridized carbons (Fsp3) is 0.588. The summed E-state index contributed by atoms with van der Waals surface area (Å²) in [6, 6.07) is 4.59. The standard InChI is InChI=1S/C17H24FNO2/c1-3-6-14-7-4-5-10-19(14)12-16(20)15-11-13(18)8-9-17(15)21-2/h8-9,11,14H,3-7,10,12H2,1-2H3. The minimum atomic E-state index is -0.400. The van der Waals surface area contributed by atoms with Crippen LogP contribution in [0.25, 0.3) is 0 Å². The number of likely N-dealkylation sites (tertiary alicyclic amines) is 1. The molecule has 116 valence electrons. The van der Waals surface area contributed by atoms with Gasteiger partial charge >= 0.3 is 0 Å². The number of carbonyl (C=O) groups is 1. The first-order valence-electron chi connectivity index (χ1n) is 7.76. The number of hydrogen-bond donors (Lipinski definition) is 0. The Morgan fingerprint density at radius 1 is 1.43 bits per heavy atom. The molecule has 0 aromatic heterocycles. The summed E-state index contributed by atoms with van der Waals surface area (Å²) < 4.78 is 18.6. The zero-order chi connectivity index (χ0) is 15.2.